The molecule has 0 aliphatic heterocycles. The lowest BCUT2D eigenvalue weighted by Gasteiger charge is -2.22. The van der Waals surface area contributed by atoms with Gasteiger partial charge < -0.3 is 9.84 Å². The van der Waals surface area contributed by atoms with Crippen LogP contribution in [0.3, 0.4) is 0 Å². The van der Waals surface area contributed by atoms with Crippen molar-refractivity contribution in [1.82, 2.24) is 0 Å². The number of esters is 1. The first kappa shape index (κ1) is 13.7. The molecule has 0 aromatic heterocycles. The molecule has 0 saturated carbocycles. The summed E-state index contributed by atoms with van der Waals surface area (Å²) in [7, 11) is 0. The quantitative estimate of drug-likeness (QED) is 0.596. The maximum atomic E-state index is 11.5. The van der Waals surface area contributed by atoms with Crippen molar-refractivity contribution < 1.29 is 14.6 Å². The number of carbonyl (C=O) groups excluding carboxylic acids is 1. The van der Waals surface area contributed by atoms with Gasteiger partial charge in [-0.05, 0) is 25.8 Å². The van der Waals surface area contributed by atoms with Gasteiger partial charge in [-0.2, -0.15) is 0 Å². The smallest absolute Gasteiger partial charge is 0.353 e. The first-order valence-electron chi connectivity index (χ1n) is 5.68. The van der Waals surface area contributed by atoms with Gasteiger partial charge in [-0.3, -0.25) is 5.73 Å². The van der Waals surface area contributed by atoms with Crippen LogP contribution in [0.2, 0.25) is 0 Å². The molecule has 0 aliphatic rings. The molecule has 0 spiro atoms. The lowest BCUT2D eigenvalue weighted by Crippen LogP contribution is -2.50. The Hall–Kier alpha value is -1.39. The average molecular weight is 237 g/mol. The van der Waals surface area contributed by atoms with Gasteiger partial charge in [0.1, 0.15) is 0 Å². The molecule has 0 radical (unpaired) electrons. The molecule has 0 saturated heterocycles. The summed E-state index contributed by atoms with van der Waals surface area (Å²) >= 11 is 0. The summed E-state index contributed by atoms with van der Waals surface area (Å²) in [6, 6.07) is 9.55. The molecule has 1 unspecified atom stereocenters. The molecule has 0 aliphatic carbocycles. The fourth-order valence-electron chi connectivity index (χ4n) is 1.40. The van der Waals surface area contributed by atoms with Crippen LogP contribution in [0, 0.1) is 0 Å². The van der Waals surface area contributed by atoms with Crippen LogP contribution < -0.4 is 5.73 Å². The van der Waals surface area contributed by atoms with E-state index in [4.69, 9.17) is 10.5 Å². The van der Waals surface area contributed by atoms with E-state index in [1.54, 1.807) is 13.8 Å². The van der Waals surface area contributed by atoms with E-state index in [0.29, 0.717) is 6.42 Å². The van der Waals surface area contributed by atoms with Crippen molar-refractivity contribution in [3.8, 4) is 0 Å². The summed E-state index contributed by atoms with van der Waals surface area (Å²) < 4.78 is 4.89. The molecule has 17 heavy (non-hydrogen) atoms. The maximum Gasteiger partial charge on any atom is 0.353 e. The SMILES string of the molecule is CC(C)OC(=O)C(N)(O)CCc1ccccc1. The topological polar surface area (TPSA) is 72.5 Å². The lowest BCUT2D eigenvalue weighted by atomic mass is 10.0. The fourth-order valence-corrected chi connectivity index (χ4v) is 1.40. The Bertz CT molecular complexity index is 360. The standard InChI is InChI=1S/C13H19NO3/c1-10(2)17-12(15)13(14,16)9-8-11-6-4-3-5-7-11/h3-7,10,16H,8-9,14H2,1-2H3. The third-order valence-corrected chi connectivity index (χ3v) is 2.33. The Kier molecular flexibility index (Phi) is 4.66. The van der Waals surface area contributed by atoms with Gasteiger partial charge in [0.2, 0.25) is 5.72 Å². The van der Waals surface area contributed by atoms with Crippen molar-refractivity contribution >= 4 is 5.97 Å². The van der Waals surface area contributed by atoms with Crippen LogP contribution in [0.15, 0.2) is 30.3 Å². The number of aliphatic hydroxyl groups is 1. The van der Waals surface area contributed by atoms with Gasteiger partial charge in [0.25, 0.3) is 0 Å². The van der Waals surface area contributed by atoms with Crippen molar-refractivity contribution in [3.05, 3.63) is 35.9 Å². The van der Waals surface area contributed by atoms with E-state index < -0.39 is 11.7 Å². The predicted octanol–water partition coefficient (Wildman–Crippen LogP) is 1.22. The van der Waals surface area contributed by atoms with Crippen LogP contribution in [-0.4, -0.2) is 22.9 Å². The van der Waals surface area contributed by atoms with Crippen LogP contribution in [0.5, 0.6) is 0 Å². The molecule has 0 bridgehead atoms. The minimum Gasteiger partial charge on any atom is -0.460 e. The van der Waals surface area contributed by atoms with Gasteiger partial charge in [-0.15, -0.1) is 0 Å². The molecule has 1 aromatic rings. The van der Waals surface area contributed by atoms with Crippen molar-refractivity contribution in [2.75, 3.05) is 0 Å². The second-order valence-electron chi connectivity index (χ2n) is 4.36. The van der Waals surface area contributed by atoms with Gasteiger partial charge in [-0.25, -0.2) is 4.79 Å². The highest BCUT2D eigenvalue weighted by molar-refractivity contribution is 5.78. The number of ether oxygens (including phenoxy) is 1. The molecule has 1 rings (SSSR count). The summed E-state index contributed by atoms with van der Waals surface area (Å²) in [6.07, 6.45) is 0.387. The van der Waals surface area contributed by atoms with Crippen molar-refractivity contribution in [3.63, 3.8) is 0 Å². The molecule has 1 atom stereocenters. The molecule has 0 fully saturated rings. The Morgan fingerprint density at radius 3 is 2.53 bits per heavy atom. The predicted molar refractivity (Wildman–Crippen MR) is 65.1 cm³/mol. The van der Waals surface area contributed by atoms with E-state index in [1.165, 1.54) is 0 Å². The van der Waals surface area contributed by atoms with Crippen LogP contribution in [0.4, 0.5) is 0 Å². The Morgan fingerprint density at radius 1 is 1.41 bits per heavy atom. The Morgan fingerprint density at radius 2 is 2.00 bits per heavy atom. The van der Waals surface area contributed by atoms with Crippen LogP contribution in [0.25, 0.3) is 0 Å². The zero-order valence-electron chi connectivity index (χ0n) is 10.2. The number of hydrogen-bond donors (Lipinski definition) is 2. The van der Waals surface area contributed by atoms with Gasteiger partial charge in [0, 0.05) is 6.42 Å². The van der Waals surface area contributed by atoms with Crippen molar-refractivity contribution in [2.24, 2.45) is 5.73 Å². The lowest BCUT2D eigenvalue weighted by molar-refractivity contribution is -0.169. The van der Waals surface area contributed by atoms with Crippen LogP contribution in [-0.2, 0) is 16.0 Å². The molecule has 94 valence electrons. The van der Waals surface area contributed by atoms with Crippen LogP contribution in [0.1, 0.15) is 25.8 Å². The highest BCUT2D eigenvalue weighted by atomic mass is 16.6. The summed E-state index contributed by atoms with van der Waals surface area (Å²) in [4.78, 5) is 11.5. The maximum absolute atomic E-state index is 11.5. The van der Waals surface area contributed by atoms with Gasteiger partial charge in [-0.1, -0.05) is 30.3 Å². The van der Waals surface area contributed by atoms with E-state index in [-0.39, 0.29) is 12.5 Å². The Labute approximate surface area is 101 Å². The number of rotatable bonds is 5. The summed E-state index contributed by atoms with van der Waals surface area (Å²) in [5, 5.41) is 9.80. The third kappa shape index (κ3) is 4.54. The van der Waals surface area contributed by atoms with Crippen molar-refractivity contribution in [1.29, 1.82) is 0 Å². The second kappa shape index (κ2) is 5.80. The first-order chi connectivity index (χ1) is 7.92. The third-order valence-electron chi connectivity index (χ3n) is 2.33. The number of benzene rings is 1. The van der Waals surface area contributed by atoms with Gasteiger partial charge in [0.05, 0.1) is 6.10 Å². The molecule has 0 amide bonds. The van der Waals surface area contributed by atoms with Crippen LogP contribution >= 0.6 is 0 Å². The summed E-state index contributed by atoms with van der Waals surface area (Å²) in [6.45, 7) is 3.43. The first-order valence-corrected chi connectivity index (χ1v) is 5.68. The monoisotopic (exact) mass is 237 g/mol. The highest BCUT2D eigenvalue weighted by Gasteiger charge is 2.33. The van der Waals surface area contributed by atoms with E-state index in [9.17, 15) is 9.90 Å². The molecule has 4 heteroatoms. The summed E-state index contributed by atoms with van der Waals surface area (Å²) in [5.74, 6) is -0.775. The number of nitrogens with two attached hydrogens (primary N) is 1. The average Bonchev–Trinajstić information content (AvgIpc) is 2.27. The Balaban J connectivity index is 2.52. The van der Waals surface area contributed by atoms with E-state index in [0.717, 1.165) is 5.56 Å². The minimum atomic E-state index is -1.92. The van der Waals surface area contributed by atoms with Gasteiger partial charge in [0.15, 0.2) is 0 Å². The van der Waals surface area contributed by atoms with E-state index in [2.05, 4.69) is 0 Å². The van der Waals surface area contributed by atoms with Crippen molar-refractivity contribution in [2.45, 2.75) is 38.5 Å². The molecular formula is C13H19NO3. The largest absolute Gasteiger partial charge is 0.460 e. The highest BCUT2D eigenvalue weighted by Crippen LogP contribution is 2.12. The number of hydrogen-bond acceptors (Lipinski definition) is 4. The number of carbonyl (C=O) groups is 1. The molecule has 4 nitrogen and oxygen atoms in total. The zero-order chi connectivity index (χ0) is 12.9. The van der Waals surface area contributed by atoms with E-state index >= 15 is 0 Å². The summed E-state index contributed by atoms with van der Waals surface area (Å²) in [5.41, 5.74) is 4.64. The van der Waals surface area contributed by atoms with Gasteiger partial charge >= 0.3 is 5.97 Å². The normalized spacial score (nSPS) is 14.4. The molecule has 1 aromatic carbocycles. The molecule has 3 N–H and O–H groups in total. The fraction of sp³-hybridized carbons (Fsp3) is 0.462. The van der Waals surface area contributed by atoms with E-state index in [1.807, 2.05) is 30.3 Å². The minimum absolute atomic E-state index is 0.141. The molecular weight excluding hydrogens is 218 g/mol. The zero-order valence-corrected chi connectivity index (χ0v) is 10.2. The second-order valence-corrected chi connectivity index (χ2v) is 4.36. The number of aryl methyl sites for hydroxylation is 1. The molecule has 0 heterocycles.